The topological polar surface area (TPSA) is 63.4 Å². The van der Waals surface area contributed by atoms with E-state index in [1.807, 2.05) is 13.8 Å². The second-order valence-corrected chi connectivity index (χ2v) is 4.37. The van der Waals surface area contributed by atoms with Crippen LogP contribution in [0, 0.1) is 5.92 Å². The van der Waals surface area contributed by atoms with E-state index in [-0.39, 0.29) is 0 Å². The average Bonchev–Trinajstić information content (AvgIpc) is 1.60. The highest BCUT2D eigenvalue weighted by atomic mass is 32.2. The Morgan fingerprint density at radius 1 is 1.50 bits per heavy atom. The fourth-order valence-electron chi connectivity index (χ4n) is 0.618. The van der Waals surface area contributed by atoms with Crippen molar-refractivity contribution in [3.63, 3.8) is 0 Å². The van der Waals surface area contributed by atoms with Crippen molar-refractivity contribution in [2.24, 2.45) is 11.1 Å². The molecule has 0 radical (unpaired) electrons. The Morgan fingerprint density at radius 2 is 1.90 bits per heavy atom. The Labute approximate surface area is 62.2 Å². The molecule has 0 spiro atoms. The smallest absolute Gasteiger partial charge is 0.216 e. The normalized spacial score (nSPS) is 13.0. The van der Waals surface area contributed by atoms with Crippen molar-refractivity contribution >= 4 is 10.2 Å². The van der Waals surface area contributed by atoms with Gasteiger partial charge in [-0.25, -0.2) is 5.14 Å². The van der Waals surface area contributed by atoms with Gasteiger partial charge in [0.05, 0.1) is 0 Å². The van der Waals surface area contributed by atoms with Crippen molar-refractivity contribution in [1.82, 2.24) is 4.31 Å². The quantitative estimate of drug-likeness (QED) is 0.630. The molecule has 10 heavy (non-hydrogen) atoms. The third-order valence-electron chi connectivity index (χ3n) is 1.06. The summed E-state index contributed by atoms with van der Waals surface area (Å²) in [6.45, 7) is 4.34. The van der Waals surface area contributed by atoms with E-state index in [1.54, 1.807) is 0 Å². The highest BCUT2D eigenvalue weighted by Crippen LogP contribution is 1.97. The van der Waals surface area contributed by atoms with E-state index in [0.717, 1.165) is 4.31 Å². The molecule has 0 aromatic heterocycles. The van der Waals surface area contributed by atoms with Crippen LogP contribution in [0.15, 0.2) is 0 Å². The molecule has 0 aromatic rings. The minimum Gasteiger partial charge on any atom is -0.216 e. The van der Waals surface area contributed by atoms with Crippen LogP contribution in [0.1, 0.15) is 13.8 Å². The summed E-state index contributed by atoms with van der Waals surface area (Å²) < 4.78 is 22.3. The van der Waals surface area contributed by atoms with Crippen molar-refractivity contribution in [2.45, 2.75) is 13.8 Å². The van der Waals surface area contributed by atoms with Crippen LogP contribution in [0.2, 0.25) is 0 Å². The highest BCUT2D eigenvalue weighted by Gasteiger charge is 2.11. The summed E-state index contributed by atoms with van der Waals surface area (Å²) in [6, 6.07) is 0. The van der Waals surface area contributed by atoms with Crippen LogP contribution in [0.5, 0.6) is 0 Å². The molecule has 0 saturated carbocycles. The van der Waals surface area contributed by atoms with Gasteiger partial charge in [-0.05, 0) is 5.92 Å². The molecule has 5 heteroatoms. The van der Waals surface area contributed by atoms with Crippen molar-refractivity contribution < 1.29 is 8.42 Å². The maximum atomic E-state index is 10.6. The predicted octanol–water partition coefficient (Wildman–Crippen LogP) is -0.222. The summed E-state index contributed by atoms with van der Waals surface area (Å²) in [5.74, 6) is 0.309. The molecule has 0 rings (SSSR count). The van der Waals surface area contributed by atoms with Gasteiger partial charge < -0.3 is 0 Å². The minimum atomic E-state index is -3.46. The molecule has 0 unspecified atom stereocenters. The number of nitrogens with two attached hydrogens (primary N) is 1. The summed E-state index contributed by atoms with van der Waals surface area (Å²) >= 11 is 0. The van der Waals surface area contributed by atoms with Crippen LogP contribution < -0.4 is 5.14 Å². The van der Waals surface area contributed by atoms with Gasteiger partial charge in [0.25, 0.3) is 10.2 Å². The molecule has 0 aliphatic rings. The fraction of sp³-hybridized carbons (Fsp3) is 1.00. The molecule has 0 bridgehead atoms. The third kappa shape index (κ3) is 3.81. The first-order valence-electron chi connectivity index (χ1n) is 3.08. The number of nitrogens with zero attached hydrogens (tertiary/aromatic N) is 1. The van der Waals surface area contributed by atoms with Crippen molar-refractivity contribution in [2.75, 3.05) is 13.6 Å². The molecule has 62 valence electrons. The van der Waals surface area contributed by atoms with Gasteiger partial charge in [0.1, 0.15) is 0 Å². The van der Waals surface area contributed by atoms with E-state index in [4.69, 9.17) is 5.14 Å². The molecule has 2 N–H and O–H groups in total. The molecular formula is C5H14N2O2S. The number of hydrogen-bond acceptors (Lipinski definition) is 2. The second kappa shape index (κ2) is 3.32. The molecule has 0 aliphatic heterocycles. The summed E-state index contributed by atoms with van der Waals surface area (Å²) in [7, 11) is -2.00. The van der Waals surface area contributed by atoms with Gasteiger partial charge in [-0.2, -0.15) is 12.7 Å². The Bertz CT molecular complexity index is 186. The van der Waals surface area contributed by atoms with E-state index in [1.165, 1.54) is 7.05 Å². The monoisotopic (exact) mass is 166 g/mol. The molecule has 0 atom stereocenters. The standard InChI is InChI=1S/C5H14N2O2S/c1-5(2)4-7(3)10(6,8)9/h5H,4H2,1-3H3,(H2,6,8,9). The minimum absolute atomic E-state index is 0.309. The van der Waals surface area contributed by atoms with Crippen molar-refractivity contribution in [3.8, 4) is 0 Å². The lowest BCUT2D eigenvalue weighted by Crippen LogP contribution is -2.35. The van der Waals surface area contributed by atoms with E-state index in [2.05, 4.69) is 0 Å². The zero-order chi connectivity index (χ0) is 8.36. The Balaban J connectivity index is 3.99. The lowest BCUT2D eigenvalue weighted by molar-refractivity contribution is 0.418. The van der Waals surface area contributed by atoms with E-state index < -0.39 is 10.2 Å². The maximum absolute atomic E-state index is 10.6. The van der Waals surface area contributed by atoms with Crippen LogP contribution >= 0.6 is 0 Å². The first kappa shape index (κ1) is 9.87. The molecule has 0 amide bonds. The molecule has 0 saturated heterocycles. The maximum Gasteiger partial charge on any atom is 0.276 e. The van der Waals surface area contributed by atoms with Crippen LogP contribution in [0.3, 0.4) is 0 Å². The third-order valence-corrected chi connectivity index (χ3v) is 2.07. The first-order valence-corrected chi connectivity index (χ1v) is 4.58. The fourth-order valence-corrected chi connectivity index (χ4v) is 1.12. The second-order valence-electron chi connectivity index (χ2n) is 2.72. The SMILES string of the molecule is CC(C)CN(C)S(N)(=O)=O. The van der Waals surface area contributed by atoms with Gasteiger partial charge >= 0.3 is 0 Å². The molecule has 0 fully saturated rings. The number of hydrogen-bond donors (Lipinski definition) is 1. The van der Waals surface area contributed by atoms with Crippen molar-refractivity contribution in [1.29, 1.82) is 0 Å². The van der Waals surface area contributed by atoms with Crippen LogP contribution in [-0.4, -0.2) is 26.3 Å². The van der Waals surface area contributed by atoms with Gasteiger partial charge in [0.15, 0.2) is 0 Å². The summed E-state index contributed by atoms with van der Waals surface area (Å²) in [5, 5.41) is 4.83. The summed E-state index contributed by atoms with van der Waals surface area (Å²) in [6.07, 6.45) is 0. The molecule has 0 aliphatic carbocycles. The Hall–Kier alpha value is -0.130. The lowest BCUT2D eigenvalue weighted by Gasteiger charge is -2.15. The molecule has 4 nitrogen and oxygen atoms in total. The summed E-state index contributed by atoms with van der Waals surface area (Å²) in [4.78, 5) is 0. The van der Waals surface area contributed by atoms with Gasteiger partial charge in [-0.1, -0.05) is 13.8 Å². The molecular weight excluding hydrogens is 152 g/mol. The van der Waals surface area contributed by atoms with Crippen LogP contribution in [0.25, 0.3) is 0 Å². The Kier molecular flexibility index (Phi) is 3.27. The van der Waals surface area contributed by atoms with E-state index >= 15 is 0 Å². The first-order chi connectivity index (χ1) is 4.34. The van der Waals surface area contributed by atoms with Gasteiger partial charge in [0, 0.05) is 13.6 Å². The van der Waals surface area contributed by atoms with Crippen molar-refractivity contribution in [3.05, 3.63) is 0 Å². The summed E-state index contributed by atoms with van der Waals surface area (Å²) in [5.41, 5.74) is 0. The van der Waals surface area contributed by atoms with E-state index in [9.17, 15) is 8.42 Å². The van der Waals surface area contributed by atoms with Gasteiger partial charge in [0.2, 0.25) is 0 Å². The van der Waals surface area contributed by atoms with Gasteiger partial charge in [-0.15, -0.1) is 0 Å². The van der Waals surface area contributed by atoms with E-state index in [0.29, 0.717) is 12.5 Å². The predicted molar refractivity (Wildman–Crippen MR) is 40.6 cm³/mol. The van der Waals surface area contributed by atoms with Crippen LogP contribution in [0.4, 0.5) is 0 Å². The Morgan fingerprint density at radius 3 is 2.00 bits per heavy atom. The largest absolute Gasteiger partial charge is 0.276 e. The zero-order valence-electron chi connectivity index (χ0n) is 6.53. The average molecular weight is 166 g/mol. The molecule has 0 heterocycles. The number of rotatable bonds is 3. The highest BCUT2D eigenvalue weighted by molar-refractivity contribution is 7.86. The van der Waals surface area contributed by atoms with Crippen LogP contribution in [-0.2, 0) is 10.2 Å². The zero-order valence-corrected chi connectivity index (χ0v) is 7.35. The van der Waals surface area contributed by atoms with Gasteiger partial charge in [-0.3, -0.25) is 0 Å². The molecule has 0 aromatic carbocycles. The lowest BCUT2D eigenvalue weighted by atomic mass is 10.2.